The molecule has 0 spiro atoms. The Labute approximate surface area is 127 Å². The molecule has 2 aromatic rings. The molecule has 1 aliphatic heterocycles. The average molecular weight is 345 g/mol. The third kappa shape index (κ3) is 2.86. The molecule has 3 rings (SSSR count). The lowest BCUT2D eigenvalue weighted by molar-refractivity contribution is 0.503. The Bertz CT molecular complexity index is 883. The quantitative estimate of drug-likeness (QED) is 0.807. The predicted octanol–water partition coefficient (Wildman–Crippen LogP) is 0.0750. The molecule has 1 atom stereocenters. The number of sulfone groups is 1. The van der Waals surface area contributed by atoms with E-state index in [9.17, 15) is 16.8 Å². The van der Waals surface area contributed by atoms with Gasteiger partial charge in [-0.3, -0.25) is 4.72 Å². The number of hydrogen-bond acceptors (Lipinski definition) is 6. The summed E-state index contributed by atoms with van der Waals surface area (Å²) in [5.74, 6) is 0.296. The third-order valence-corrected chi connectivity index (χ3v) is 6.44. The van der Waals surface area contributed by atoms with Crippen LogP contribution in [0.15, 0.2) is 23.6 Å². The monoisotopic (exact) mass is 345 g/mol. The van der Waals surface area contributed by atoms with Crippen LogP contribution in [0.1, 0.15) is 18.2 Å². The maximum absolute atomic E-state index is 12.2. The number of H-pyrrole nitrogens is 1. The number of sulfonamides is 1. The van der Waals surface area contributed by atoms with E-state index >= 15 is 0 Å². The van der Waals surface area contributed by atoms with Crippen molar-refractivity contribution in [3.63, 3.8) is 0 Å². The van der Waals surface area contributed by atoms with Crippen LogP contribution in [0, 0.1) is 6.92 Å². The summed E-state index contributed by atoms with van der Waals surface area (Å²) < 4.78 is 51.5. The summed E-state index contributed by atoms with van der Waals surface area (Å²) >= 11 is 0. The smallest absolute Gasteiger partial charge is 0.280 e. The molecule has 1 aliphatic rings. The summed E-state index contributed by atoms with van der Waals surface area (Å²) in [4.78, 5) is 6.20. The minimum atomic E-state index is -3.82. The number of hydrogen-bond donors (Lipinski definition) is 2. The summed E-state index contributed by atoms with van der Waals surface area (Å²) in [5, 5.41) is 4.15. The van der Waals surface area contributed by atoms with Gasteiger partial charge in [0, 0.05) is 6.07 Å². The second-order valence-corrected chi connectivity index (χ2v) is 9.07. The van der Waals surface area contributed by atoms with Crippen LogP contribution in [-0.2, 0) is 19.9 Å². The zero-order valence-electron chi connectivity index (χ0n) is 11.7. The van der Waals surface area contributed by atoms with E-state index in [2.05, 4.69) is 19.8 Å². The van der Waals surface area contributed by atoms with Crippen molar-refractivity contribution < 1.29 is 16.8 Å². The molecule has 0 unspecified atom stereocenters. The van der Waals surface area contributed by atoms with Crippen LogP contribution in [0.3, 0.4) is 0 Å². The highest BCUT2D eigenvalue weighted by Crippen LogP contribution is 2.28. The highest BCUT2D eigenvalue weighted by Gasteiger charge is 2.32. The van der Waals surface area contributed by atoms with Gasteiger partial charge < -0.3 is 4.98 Å². The molecule has 2 N–H and O–H groups in total. The Hall–Kier alpha value is -1.88. The Morgan fingerprint density at radius 3 is 2.82 bits per heavy atom. The standard InChI is InChI=1S/C11H15N5O4S2/c1-8-4-10(15-22(19,20)11-5-12-7-13-11)16(14-8)9-2-3-21(17,18)6-9/h4-5,7,9,15H,2-3,6H2,1H3,(H,12,13)/t9-/m0/s1. The Morgan fingerprint density at radius 2 is 2.23 bits per heavy atom. The number of nitrogens with one attached hydrogen (secondary N) is 2. The van der Waals surface area contributed by atoms with Crippen LogP contribution in [0.2, 0.25) is 0 Å². The van der Waals surface area contributed by atoms with Crippen molar-refractivity contribution in [2.24, 2.45) is 0 Å². The topological polar surface area (TPSA) is 127 Å². The van der Waals surface area contributed by atoms with Crippen molar-refractivity contribution >= 4 is 25.7 Å². The van der Waals surface area contributed by atoms with Crippen LogP contribution in [0.4, 0.5) is 5.82 Å². The van der Waals surface area contributed by atoms with E-state index in [1.165, 1.54) is 17.2 Å². The van der Waals surface area contributed by atoms with Gasteiger partial charge in [-0.05, 0) is 13.3 Å². The second-order valence-electron chi connectivity index (χ2n) is 5.19. The SMILES string of the molecule is Cc1cc(NS(=O)(=O)c2cnc[nH]2)n([C@H]2CCS(=O)(=O)C2)n1. The molecule has 9 nitrogen and oxygen atoms in total. The minimum Gasteiger partial charge on any atom is -0.334 e. The fourth-order valence-electron chi connectivity index (χ4n) is 2.42. The maximum Gasteiger partial charge on any atom is 0.280 e. The molecule has 11 heteroatoms. The molecule has 0 radical (unpaired) electrons. The van der Waals surface area contributed by atoms with E-state index in [0.29, 0.717) is 12.1 Å². The lowest BCUT2D eigenvalue weighted by Crippen LogP contribution is -2.20. The second kappa shape index (κ2) is 5.09. The van der Waals surface area contributed by atoms with E-state index in [4.69, 9.17) is 0 Å². The molecule has 22 heavy (non-hydrogen) atoms. The van der Waals surface area contributed by atoms with Gasteiger partial charge in [-0.15, -0.1) is 0 Å². The number of rotatable bonds is 4. The molecule has 0 aromatic carbocycles. The maximum atomic E-state index is 12.2. The Morgan fingerprint density at radius 1 is 1.45 bits per heavy atom. The molecule has 0 saturated carbocycles. The number of aromatic nitrogens is 4. The number of anilines is 1. The number of nitrogens with zero attached hydrogens (tertiary/aromatic N) is 3. The van der Waals surface area contributed by atoms with Gasteiger partial charge in [-0.25, -0.2) is 18.1 Å². The zero-order chi connectivity index (χ0) is 16.0. The highest BCUT2D eigenvalue weighted by atomic mass is 32.2. The summed E-state index contributed by atoms with van der Waals surface area (Å²) in [6.07, 6.45) is 2.87. The third-order valence-electron chi connectivity index (χ3n) is 3.41. The summed E-state index contributed by atoms with van der Waals surface area (Å²) in [7, 11) is -6.91. The molecule has 3 heterocycles. The zero-order valence-corrected chi connectivity index (χ0v) is 13.4. The Balaban J connectivity index is 1.93. The van der Waals surface area contributed by atoms with Crippen molar-refractivity contribution in [3.8, 4) is 0 Å². The van der Waals surface area contributed by atoms with Gasteiger partial charge in [0.25, 0.3) is 10.0 Å². The Kier molecular flexibility index (Phi) is 3.48. The number of aromatic amines is 1. The first kappa shape index (κ1) is 15.0. The van der Waals surface area contributed by atoms with Crippen LogP contribution in [0.25, 0.3) is 0 Å². The van der Waals surface area contributed by atoms with E-state index in [-0.39, 0.29) is 28.4 Å². The summed E-state index contributed by atoms with van der Waals surface area (Å²) in [6.45, 7) is 1.72. The summed E-state index contributed by atoms with van der Waals surface area (Å²) in [6, 6.07) is 1.21. The van der Waals surface area contributed by atoms with E-state index in [1.807, 2.05) is 0 Å². The van der Waals surface area contributed by atoms with Crippen molar-refractivity contribution in [1.29, 1.82) is 0 Å². The molecule has 0 amide bonds. The predicted molar refractivity (Wildman–Crippen MR) is 78.7 cm³/mol. The van der Waals surface area contributed by atoms with Gasteiger partial charge >= 0.3 is 0 Å². The lowest BCUT2D eigenvalue weighted by atomic mass is 10.3. The molecule has 2 aromatic heterocycles. The number of aryl methyl sites for hydroxylation is 1. The molecule has 0 bridgehead atoms. The fraction of sp³-hybridized carbons (Fsp3) is 0.455. The van der Waals surface area contributed by atoms with E-state index in [1.54, 1.807) is 13.0 Å². The van der Waals surface area contributed by atoms with Gasteiger partial charge in [-0.1, -0.05) is 0 Å². The molecular weight excluding hydrogens is 330 g/mol. The molecule has 0 aliphatic carbocycles. The van der Waals surface area contributed by atoms with Crippen molar-refractivity contribution in [1.82, 2.24) is 19.7 Å². The molecule has 1 fully saturated rings. The van der Waals surface area contributed by atoms with Gasteiger partial charge in [-0.2, -0.15) is 13.5 Å². The summed E-state index contributed by atoms with van der Waals surface area (Å²) in [5.41, 5.74) is 0.603. The first-order chi connectivity index (χ1) is 10.3. The first-order valence-corrected chi connectivity index (χ1v) is 9.85. The van der Waals surface area contributed by atoms with Gasteiger partial charge in [0.1, 0.15) is 5.82 Å². The van der Waals surface area contributed by atoms with Crippen molar-refractivity contribution in [2.75, 3.05) is 16.2 Å². The highest BCUT2D eigenvalue weighted by molar-refractivity contribution is 7.92. The molecular formula is C11H15N5O4S2. The van der Waals surface area contributed by atoms with Crippen LogP contribution in [0.5, 0.6) is 0 Å². The number of imidazole rings is 1. The van der Waals surface area contributed by atoms with Crippen LogP contribution in [-0.4, -0.2) is 48.1 Å². The minimum absolute atomic E-state index is 0.0348. The first-order valence-electron chi connectivity index (χ1n) is 6.55. The molecule has 1 saturated heterocycles. The fourth-order valence-corrected chi connectivity index (χ4v) is 5.06. The lowest BCUT2D eigenvalue weighted by Gasteiger charge is -2.14. The van der Waals surface area contributed by atoms with E-state index in [0.717, 1.165) is 0 Å². The normalized spacial score (nSPS) is 21.0. The van der Waals surface area contributed by atoms with Gasteiger partial charge in [0.2, 0.25) is 0 Å². The largest absolute Gasteiger partial charge is 0.334 e. The molecule has 120 valence electrons. The van der Waals surface area contributed by atoms with Crippen molar-refractivity contribution in [3.05, 3.63) is 24.3 Å². The van der Waals surface area contributed by atoms with Gasteiger partial charge in [0.05, 0.1) is 35.8 Å². The van der Waals surface area contributed by atoms with Crippen molar-refractivity contribution in [2.45, 2.75) is 24.4 Å². The van der Waals surface area contributed by atoms with Crippen LogP contribution >= 0.6 is 0 Å². The van der Waals surface area contributed by atoms with Gasteiger partial charge in [0.15, 0.2) is 14.9 Å². The van der Waals surface area contributed by atoms with Crippen LogP contribution < -0.4 is 4.72 Å². The average Bonchev–Trinajstić information content (AvgIpc) is 3.09. The van der Waals surface area contributed by atoms with E-state index < -0.39 is 19.9 Å².